The number of ether oxygens (including phenoxy) is 1. The summed E-state index contributed by atoms with van der Waals surface area (Å²) in [5, 5.41) is 0. The van der Waals surface area contributed by atoms with Gasteiger partial charge < -0.3 is 4.74 Å². The molecule has 1 saturated carbocycles. The number of epoxide rings is 1. The zero-order valence-corrected chi connectivity index (χ0v) is 8.36. The van der Waals surface area contributed by atoms with Crippen LogP contribution in [-0.4, -0.2) is 12.2 Å². The average molecular weight is 188 g/mol. The molecule has 0 radical (unpaired) electrons. The summed E-state index contributed by atoms with van der Waals surface area (Å²) in [6.07, 6.45) is 6.45. The van der Waals surface area contributed by atoms with Crippen molar-refractivity contribution in [3.63, 3.8) is 0 Å². The van der Waals surface area contributed by atoms with Gasteiger partial charge in [-0.15, -0.1) is 0 Å². The Morgan fingerprint density at radius 1 is 1.00 bits per heavy atom. The lowest BCUT2D eigenvalue weighted by Crippen LogP contribution is -2.06. The first-order chi connectivity index (χ1) is 6.95. The van der Waals surface area contributed by atoms with Crippen molar-refractivity contribution in [1.82, 2.24) is 0 Å². The predicted octanol–water partition coefficient (Wildman–Crippen LogP) is 3.11. The van der Waals surface area contributed by atoms with Crippen molar-refractivity contribution in [2.45, 2.75) is 43.8 Å². The second-order valence-electron chi connectivity index (χ2n) is 4.44. The lowest BCUT2D eigenvalue weighted by atomic mass is 9.91. The van der Waals surface area contributed by atoms with Gasteiger partial charge in [0, 0.05) is 5.92 Å². The van der Waals surface area contributed by atoms with Gasteiger partial charge in [-0.05, 0) is 18.4 Å². The van der Waals surface area contributed by atoms with Crippen LogP contribution in [0, 0.1) is 0 Å². The highest BCUT2D eigenvalue weighted by Crippen LogP contribution is 2.44. The highest BCUT2D eigenvalue weighted by Gasteiger charge is 2.45. The van der Waals surface area contributed by atoms with Gasteiger partial charge in [-0.3, -0.25) is 0 Å². The van der Waals surface area contributed by atoms with Crippen molar-refractivity contribution in [2.75, 3.05) is 0 Å². The monoisotopic (exact) mass is 188 g/mol. The standard InChI is InChI=1S/C13H16O/c1-2-6-10(7-3-1)11-8-4-5-9-12-13(11)14-12/h1-3,6-7,11-13H,4-5,8-9H2. The maximum Gasteiger partial charge on any atom is 0.0910 e. The second-order valence-corrected chi connectivity index (χ2v) is 4.44. The molecule has 3 unspecified atom stereocenters. The molecule has 74 valence electrons. The molecule has 3 rings (SSSR count). The first kappa shape index (κ1) is 8.49. The molecule has 0 amide bonds. The summed E-state index contributed by atoms with van der Waals surface area (Å²) in [6.45, 7) is 0. The van der Waals surface area contributed by atoms with Crippen LogP contribution in [0.3, 0.4) is 0 Å². The van der Waals surface area contributed by atoms with Crippen molar-refractivity contribution in [3.8, 4) is 0 Å². The number of hydrogen-bond acceptors (Lipinski definition) is 1. The maximum absolute atomic E-state index is 5.72. The number of benzene rings is 1. The Hall–Kier alpha value is -0.820. The molecule has 1 aromatic carbocycles. The minimum absolute atomic E-state index is 0.542. The summed E-state index contributed by atoms with van der Waals surface area (Å²) in [5.74, 6) is 0.670. The van der Waals surface area contributed by atoms with E-state index in [0.717, 1.165) is 0 Å². The van der Waals surface area contributed by atoms with Gasteiger partial charge in [0.1, 0.15) is 0 Å². The fraction of sp³-hybridized carbons (Fsp3) is 0.538. The third-order valence-electron chi connectivity index (χ3n) is 3.50. The van der Waals surface area contributed by atoms with Crippen LogP contribution in [-0.2, 0) is 4.74 Å². The van der Waals surface area contributed by atoms with Crippen molar-refractivity contribution in [2.24, 2.45) is 0 Å². The van der Waals surface area contributed by atoms with E-state index in [0.29, 0.717) is 18.1 Å². The molecule has 2 fully saturated rings. The van der Waals surface area contributed by atoms with Gasteiger partial charge in [0.15, 0.2) is 0 Å². The van der Waals surface area contributed by atoms with E-state index in [1.165, 1.54) is 31.2 Å². The van der Waals surface area contributed by atoms with Gasteiger partial charge in [0.25, 0.3) is 0 Å². The lowest BCUT2D eigenvalue weighted by molar-refractivity contribution is 0.317. The van der Waals surface area contributed by atoms with Crippen molar-refractivity contribution < 1.29 is 4.74 Å². The summed E-state index contributed by atoms with van der Waals surface area (Å²) < 4.78 is 5.72. The number of fused-ring (bicyclic) bond motifs is 1. The van der Waals surface area contributed by atoms with Crippen LogP contribution < -0.4 is 0 Å². The van der Waals surface area contributed by atoms with Crippen LogP contribution in [0.5, 0.6) is 0 Å². The molecule has 0 N–H and O–H groups in total. The zero-order valence-electron chi connectivity index (χ0n) is 8.36. The van der Waals surface area contributed by atoms with Crippen molar-refractivity contribution in [3.05, 3.63) is 35.9 Å². The second kappa shape index (κ2) is 3.39. The van der Waals surface area contributed by atoms with E-state index >= 15 is 0 Å². The number of rotatable bonds is 1. The Morgan fingerprint density at radius 3 is 2.64 bits per heavy atom. The Morgan fingerprint density at radius 2 is 1.79 bits per heavy atom. The highest BCUT2D eigenvalue weighted by molar-refractivity contribution is 5.23. The summed E-state index contributed by atoms with van der Waals surface area (Å²) in [7, 11) is 0. The van der Waals surface area contributed by atoms with E-state index in [9.17, 15) is 0 Å². The van der Waals surface area contributed by atoms with Gasteiger partial charge in [-0.1, -0.05) is 43.2 Å². The van der Waals surface area contributed by atoms with Crippen LogP contribution in [0.25, 0.3) is 0 Å². The van der Waals surface area contributed by atoms with E-state index in [4.69, 9.17) is 4.74 Å². The van der Waals surface area contributed by atoms with E-state index in [2.05, 4.69) is 30.3 Å². The number of hydrogen-bond donors (Lipinski definition) is 0. The molecule has 1 aromatic rings. The molecule has 0 aromatic heterocycles. The van der Waals surface area contributed by atoms with Crippen LogP contribution >= 0.6 is 0 Å². The fourth-order valence-corrected chi connectivity index (χ4v) is 2.67. The summed E-state index contributed by atoms with van der Waals surface area (Å²) >= 11 is 0. The van der Waals surface area contributed by atoms with Crippen LogP contribution in [0.1, 0.15) is 37.2 Å². The van der Waals surface area contributed by atoms with E-state index < -0.39 is 0 Å². The molecule has 1 saturated heterocycles. The predicted molar refractivity (Wildman–Crippen MR) is 56.3 cm³/mol. The van der Waals surface area contributed by atoms with Crippen LogP contribution in [0.2, 0.25) is 0 Å². The minimum atomic E-state index is 0.542. The Balaban J connectivity index is 1.83. The third kappa shape index (κ3) is 1.46. The smallest absolute Gasteiger partial charge is 0.0910 e. The average Bonchev–Trinajstić information content (AvgIpc) is 2.97. The van der Waals surface area contributed by atoms with Crippen LogP contribution in [0.4, 0.5) is 0 Å². The van der Waals surface area contributed by atoms with Gasteiger partial charge in [0.05, 0.1) is 12.2 Å². The summed E-state index contributed by atoms with van der Waals surface area (Å²) in [4.78, 5) is 0. The molecule has 0 bridgehead atoms. The summed E-state index contributed by atoms with van der Waals surface area (Å²) in [6, 6.07) is 10.9. The molecule has 1 heteroatoms. The molecular formula is C13H16O. The first-order valence-electron chi connectivity index (χ1n) is 5.65. The molecule has 2 aliphatic rings. The quantitative estimate of drug-likeness (QED) is 0.617. The molecule has 0 spiro atoms. The zero-order chi connectivity index (χ0) is 9.38. The maximum atomic E-state index is 5.72. The fourth-order valence-electron chi connectivity index (χ4n) is 2.67. The van der Waals surface area contributed by atoms with E-state index in [1.54, 1.807) is 0 Å². The minimum Gasteiger partial charge on any atom is -0.369 e. The summed E-state index contributed by atoms with van der Waals surface area (Å²) in [5.41, 5.74) is 1.47. The Labute approximate surface area is 85.1 Å². The van der Waals surface area contributed by atoms with Gasteiger partial charge in [0.2, 0.25) is 0 Å². The van der Waals surface area contributed by atoms with Gasteiger partial charge in [-0.2, -0.15) is 0 Å². The molecule has 1 aliphatic carbocycles. The van der Waals surface area contributed by atoms with Crippen LogP contribution in [0.15, 0.2) is 30.3 Å². The molecule has 3 atom stereocenters. The van der Waals surface area contributed by atoms with Gasteiger partial charge in [-0.25, -0.2) is 0 Å². The molecule has 1 aliphatic heterocycles. The molecule has 1 heterocycles. The van der Waals surface area contributed by atoms with E-state index in [1.807, 2.05) is 0 Å². The first-order valence-corrected chi connectivity index (χ1v) is 5.65. The lowest BCUT2D eigenvalue weighted by Gasteiger charge is -2.13. The molecular weight excluding hydrogens is 172 g/mol. The normalized spacial score (nSPS) is 35.9. The molecule has 14 heavy (non-hydrogen) atoms. The van der Waals surface area contributed by atoms with Crippen molar-refractivity contribution in [1.29, 1.82) is 0 Å². The van der Waals surface area contributed by atoms with E-state index in [-0.39, 0.29) is 0 Å². The largest absolute Gasteiger partial charge is 0.369 e. The Kier molecular flexibility index (Phi) is 2.06. The third-order valence-corrected chi connectivity index (χ3v) is 3.50. The SMILES string of the molecule is c1ccc(C2CCCCC3OC32)cc1. The Bertz CT molecular complexity index is 306. The molecule has 1 nitrogen and oxygen atoms in total. The van der Waals surface area contributed by atoms with Gasteiger partial charge >= 0.3 is 0 Å². The van der Waals surface area contributed by atoms with Crippen molar-refractivity contribution >= 4 is 0 Å². The highest BCUT2D eigenvalue weighted by atomic mass is 16.6. The topological polar surface area (TPSA) is 12.5 Å².